The van der Waals surface area contributed by atoms with Crippen molar-refractivity contribution in [3.63, 3.8) is 0 Å². The van der Waals surface area contributed by atoms with Gasteiger partial charge in [-0.2, -0.15) is 0 Å². The average molecular weight is 266 g/mol. The van der Waals surface area contributed by atoms with Gasteiger partial charge < -0.3 is 4.74 Å². The lowest BCUT2D eigenvalue weighted by Gasteiger charge is -2.29. The van der Waals surface area contributed by atoms with E-state index in [1.54, 1.807) is 0 Å². The number of hydrogen-bond donors (Lipinski definition) is 0. The van der Waals surface area contributed by atoms with E-state index in [0.29, 0.717) is 12.2 Å². The minimum absolute atomic E-state index is 0.474. The molecule has 0 aliphatic heterocycles. The van der Waals surface area contributed by atoms with E-state index in [0.717, 1.165) is 11.8 Å². The molecular formula is C18H34O. The summed E-state index contributed by atoms with van der Waals surface area (Å²) in [6, 6.07) is 0. The van der Waals surface area contributed by atoms with E-state index < -0.39 is 0 Å². The van der Waals surface area contributed by atoms with Crippen molar-refractivity contribution < 1.29 is 4.74 Å². The molecule has 0 aromatic heterocycles. The minimum atomic E-state index is 0.474. The van der Waals surface area contributed by atoms with Crippen LogP contribution in [0.15, 0.2) is 0 Å². The molecule has 112 valence electrons. The Morgan fingerprint density at radius 2 is 1.05 bits per heavy atom. The summed E-state index contributed by atoms with van der Waals surface area (Å²) in [5, 5.41) is 0. The molecule has 1 nitrogen and oxygen atoms in total. The predicted molar refractivity (Wildman–Crippen MR) is 82.4 cm³/mol. The highest BCUT2D eigenvalue weighted by molar-refractivity contribution is 4.72. The fourth-order valence-electron chi connectivity index (χ4n) is 4.29. The van der Waals surface area contributed by atoms with Crippen LogP contribution in [0, 0.1) is 11.8 Å². The molecule has 1 heteroatoms. The summed E-state index contributed by atoms with van der Waals surface area (Å²) < 4.78 is 6.26. The van der Waals surface area contributed by atoms with Crippen molar-refractivity contribution in [3.05, 3.63) is 0 Å². The van der Waals surface area contributed by atoms with Crippen molar-refractivity contribution in [1.82, 2.24) is 0 Å². The maximum atomic E-state index is 6.26. The first-order valence-corrected chi connectivity index (χ1v) is 8.89. The first-order valence-electron chi connectivity index (χ1n) is 8.89. The van der Waals surface area contributed by atoms with Crippen LogP contribution in [0.3, 0.4) is 0 Å². The van der Waals surface area contributed by atoms with Crippen LogP contribution in [0.2, 0.25) is 0 Å². The zero-order chi connectivity index (χ0) is 13.5. The van der Waals surface area contributed by atoms with E-state index in [2.05, 4.69) is 13.8 Å². The molecule has 0 amide bonds. The summed E-state index contributed by atoms with van der Waals surface area (Å²) in [5.74, 6) is 1.90. The standard InChI is InChI=1S/C18H34O/c1-15(13-17-9-5-3-6-10-17)19-16(2)14-18-11-7-4-8-12-18/h15-18H,3-14H2,1-2H3. The van der Waals surface area contributed by atoms with Crippen LogP contribution in [0.25, 0.3) is 0 Å². The highest BCUT2D eigenvalue weighted by Crippen LogP contribution is 2.30. The summed E-state index contributed by atoms with van der Waals surface area (Å²) >= 11 is 0. The smallest absolute Gasteiger partial charge is 0.0553 e. The largest absolute Gasteiger partial charge is 0.376 e. The fourth-order valence-corrected chi connectivity index (χ4v) is 4.29. The van der Waals surface area contributed by atoms with E-state index in [1.807, 2.05) is 0 Å². The van der Waals surface area contributed by atoms with Crippen molar-refractivity contribution in [1.29, 1.82) is 0 Å². The Morgan fingerprint density at radius 1 is 0.684 bits per heavy atom. The molecule has 19 heavy (non-hydrogen) atoms. The maximum Gasteiger partial charge on any atom is 0.0553 e. The minimum Gasteiger partial charge on any atom is -0.376 e. The summed E-state index contributed by atoms with van der Waals surface area (Å²) in [4.78, 5) is 0. The molecule has 0 heterocycles. The summed E-state index contributed by atoms with van der Waals surface area (Å²) in [6.45, 7) is 4.60. The lowest BCUT2D eigenvalue weighted by atomic mass is 9.85. The van der Waals surface area contributed by atoms with Gasteiger partial charge in [0.2, 0.25) is 0 Å². The third kappa shape index (κ3) is 5.85. The molecular weight excluding hydrogens is 232 g/mol. The van der Waals surface area contributed by atoms with Gasteiger partial charge in [-0.05, 0) is 38.5 Å². The Kier molecular flexibility index (Phi) is 6.70. The van der Waals surface area contributed by atoms with Crippen molar-refractivity contribution in [2.24, 2.45) is 11.8 Å². The van der Waals surface area contributed by atoms with Gasteiger partial charge in [0.25, 0.3) is 0 Å². The summed E-state index contributed by atoms with van der Waals surface area (Å²) in [6.07, 6.45) is 18.1. The molecule has 0 aromatic carbocycles. The van der Waals surface area contributed by atoms with Gasteiger partial charge in [0.05, 0.1) is 12.2 Å². The van der Waals surface area contributed by atoms with Gasteiger partial charge in [0.15, 0.2) is 0 Å². The topological polar surface area (TPSA) is 9.23 Å². The molecule has 2 fully saturated rings. The van der Waals surface area contributed by atoms with Crippen molar-refractivity contribution >= 4 is 0 Å². The number of rotatable bonds is 6. The monoisotopic (exact) mass is 266 g/mol. The van der Waals surface area contributed by atoms with Crippen LogP contribution in [0.4, 0.5) is 0 Å². The molecule has 0 spiro atoms. The zero-order valence-corrected chi connectivity index (χ0v) is 13.2. The molecule has 2 unspecified atom stereocenters. The van der Waals surface area contributed by atoms with Gasteiger partial charge >= 0.3 is 0 Å². The van der Waals surface area contributed by atoms with E-state index in [9.17, 15) is 0 Å². The summed E-state index contributed by atoms with van der Waals surface area (Å²) in [7, 11) is 0. The Hall–Kier alpha value is -0.0400. The van der Waals surface area contributed by atoms with Crippen molar-refractivity contribution in [2.45, 2.75) is 103 Å². The Morgan fingerprint density at radius 3 is 1.42 bits per heavy atom. The van der Waals surface area contributed by atoms with E-state index in [1.165, 1.54) is 77.0 Å². The molecule has 0 bridgehead atoms. The third-order valence-electron chi connectivity index (χ3n) is 5.24. The first kappa shape index (κ1) is 15.4. The van der Waals surface area contributed by atoms with E-state index >= 15 is 0 Å². The van der Waals surface area contributed by atoms with Gasteiger partial charge in [-0.25, -0.2) is 0 Å². The molecule has 0 saturated heterocycles. The second kappa shape index (κ2) is 8.29. The predicted octanol–water partition coefficient (Wildman–Crippen LogP) is 5.72. The Labute approximate surface area is 120 Å². The van der Waals surface area contributed by atoms with Crippen molar-refractivity contribution in [2.75, 3.05) is 0 Å². The third-order valence-corrected chi connectivity index (χ3v) is 5.24. The van der Waals surface area contributed by atoms with E-state index in [4.69, 9.17) is 4.74 Å². The SMILES string of the molecule is CC(CC1CCCCC1)OC(C)CC1CCCCC1. The average Bonchev–Trinajstić information content (AvgIpc) is 2.40. The van der Waals surface area contributed by atoms with Crippen LogP contribution in [0.5, 0.6) is 0 Å². The lowest BCUT2D eigenvalue weighted by molar-refractivity contribution is -0.0201. The van der Waals surface area contributed by atoms with Crippen LogP contribution < -0.4 is 0 Å². The normalized spacial score (nSPS) is 26.2. The fraction of sp³-hybridized carbons (Fsp3) is 1.00. The van der Waals surface area contributed by atoms with Crippen LogP contribution in [0.1, 0.15) is 90.9 Å². The van der Waals surface area contributed by atoms with E-state index in [-0.39, 0.29) is 0 Å². The van der Waals surface area contributed by atoms with Gasteiger partial charge in [-0.3, -0.25) is 0 Å². The molecule has 2 aliphatic rings. The number of ether oxygens (including phenoxy) is 1. The molecule has 0 N–H and O–H groups in total. The van der Waals surface area contributed by atoms with Gasteiger partial charge in [-0.1, -0.05) is 64.2 Å². The molecule has 0 aromatic rings. The quantitative estimate of drug-likeness (QED) is 0.597. The van der Waals surface area contributed by atoms with Gasteiger partial charge in [0.1, 0.15) is 0 Å². The second-order valence-corrected chi connectivity index (χ2v) is 7.24. The highest BCUT2D eigenvalue weighted by atomic mass is 16.5. The van der Waals surface area contributed by atoms with Crippen molar-refractivity contribution in [3.8, 4) is 0 Å². The van der Waals surface area contributed by atoms with Crippen LogP contribution >= 0.6 is 0 Å². The lowest BCUT2D eigenvalue weighted by Crippen LogP contribution is -2.23. The number of hydrogen-bond acceptors (Lipinski definition) is 1. The van der Waals surface area contributed by atoms with Crippen LogP contribution in [-0.4, -0.2) is 12.2 Å². The van der Waals surface area contributed by atoms with Gasteiger partial charge in [0, 0.05) is 0 Å². The Balaban J connectivity index is 1.61. The zero-order valence-electron chi connectivity index (χ0n) is 13.2. The maximum absolute atomic E-state index is 6.26. The van der Waals surface area contributed by atoms with Crippen LogP contribution in [-0.2, 0) is 4.74 Å². The molecule has 2 saturated carbocycles. The van der Waals surface area contributed by atoms with Gasteiger partial charge in [-0.15, -0.1) is 0 Å². The first-order chi connectivity index (χ1) is 9.24. The molecule has 2 atom stereocenters. The Bertz CT molecular complexity index is 202. The summed E-state index contributed by atoms with van der Waals surface area (Å²) in [5.41, 5.74) is 0. The molecule has 0 radical (unpaired) electrons. The highest BCUT2D eigenvalue weighted by Gasteiger charge is 2.20. The molecule has 2 aliphatic carbocycles. The second-order valence-electron chi connectivity index (χ2n) is 7.24. The molecule has 2 rings (SSSR count).